The van der Waals surface area contributed by atoms with Gasteiger partial charge in [-0.2, -0.15) is 13.2 Å². The maximum atomic E-state index is 12.7. The Morgan fingerprint density at radius 3 is 2.60 bits per heavy atom. The third kappa shape index (κ3) is 5.65. The number of halogens is 4. The van der Waals surface area contributed by atoms with E-state index in [0.29, 0.717) is 12.7 Å². The molecule has 3 rings (SSSR count). The number of guanidine groups is 1. The summed E-state index contributed by atoms with van der Waals surface area (Å²) in [7, 11) is 1.70. The average molecular weight is 443 g/mol. The van der Waals surface area contributed by atoms with Gasteiger partial charge in [-0.25, -0.2) is 9.97 Å². The molecule has 11 heteroatoms. The van der Waals surface area contributed by atoms with Crippen LogP contribution in [0.5, 0.6) is 5.88 Å². The van der Waals surface area contributed by atoms with Gasteiger partial charge in [-0.05, 0) is 18.2 Å². The maximum absolute atomic E-state index is 12.7. The molecule has 1 N–H and O–H groups in total. The topological polar surface area (TPSA) is 65.9 Å². The molecule has 2 aromatic heterocycles. The van der Waals surface area contributed by atoms with E-state index in [0.717, 1.165) is 44.0 Å². The molecule has 0 spiro atoms. The van der Waals surface area contributed by atoms with Crippen molar-refractivity contribution in [1.82, 2.24) is 20.2 Å². The molecule has 7 nitrogen and oxygen atoms in total. The highest BCUT2D eigenvalue weighted by atomic mass is 35.5. The molecule has 2 aromatic rings. The Labute approximate surface area is 177 Å². The molecule has 0 bridgehead atoms. The fourth-order valence-electron chi connectivity index (χ4n) is 3.02. The maximum Gasteiger partial charge on any atom is 0.417 e. The quantitative estimate of drug-likeness (QED) is 0.436. The molecule has 1 aliphatic rings. The summed E-state index contributed by atoms with van der Waals surface area (Å²) in [6, 6.07) is 6.64. The van der Waals surface area contributed by atoms with Crippen LogP contribution in [0.1, 0.15) is 5.56 Å². The molecule has 0 radical (unpaired) electrons. The molecule has 0 atom stereocenters. The Hall–Kier alpha value is -2.75. The molecule has 1 saturated heterocycles. The number of anilines is 1. The Morgan fingerprint density at radius 2 is 2.00 bits per heavy atom. The molecule has 0 aromatic carbocycles. The minimum absolute atomic E-state index is 0.0366. The van der Waals surface area contributed by atoms with Gasteiger partial charge in [-0.3, -0.25) is 4.99 Å². The number of rotatable bonds is 5. The summed E-state index contributed by atoms with van der Waals surface area (Å²) in [5.41, 5.74) is -0.914. The molecule has 30 heavy (non-hydrogen) atoms. The smallest absolute Gasteiger partial charge is 0.417 e. The van der Waals surface area contributed by atoms with Gasteiger partial charge in [-0.15, -0.1) is 0 Å². The van der Waals surface area contributed by atoms with Crippen molar-refractivity contribution in [3.8, 4) is 5.88 Å². The second kappa shape index (κ2) is 9.84. The minimum Gasteiger partial charge on any atom is -0.475 e. The van der Waals surface area contributed by atoms with Crippen LogP contribution in [0.2, 0.25) is 5.02 Å². The minimum atomic E-state index is -4.50. The highest BCUT2D eigenvalue weighted by molar-refractivity contribution is 6.31. The van der Waals surface area contributed by atoms with Crippen LogP contribution in [0.25, 0.3) is 0 Å². The van der Waals surface area contributed by atoms with E-state index in [-0.39, 0.29) is 17.5 Å². The van der Waals surface area contributed by atoms with Crippen molar-refractivity contribution in [3.05, 3.63) is 47.2 Å². The first kappa shape index (κ1) is 21.9. The summed E-state index contributed by atoms with van der Waals surface area (Å²) in [4.78, 5) is 16.7. The highest BCUT2D eigenvalue weighted by Crippen LogP contribution is 2.33. The third-order valence-electron chi connectivity index (χ3n) is 4.52. The number of nitrogens with one attached hydrogen (secondary N) is 1. The fourth-order valence-corrected chi connectivity index (χ4v) is 3.24. The van der Waals surface area contributed by atoms with E-state index in [2.05, 4.69) is 30.1 Å². The number of aliphatic imine (C=N–C) groups is 1. The first-order valence-corrected chi connectivity index (χ1v) is 9.73. The molecule has 0 aliphatic carbocycles. The van der Waals surface area contributed by atoms with E-state index in [1.54, 1.807) is 13.2 Å². The van der Waals surface area contributed by atoms with Crippen molar-refractivity contribution in [3.63, 3.8) is 0 Å². The molecular formula is C19H22ClF3N6O. The monoisotopic (exact) mass is 442 g/mol. The van der Waals surface area contributed by atoms with Crippen LogP contribution in [0.4, 0.5) is 19.0 Å². The van der Waals surface area contributed by atoms with Crippen molar-refractivity contribution < 1.29 is 17.9 Å². The van der Waals surface area contributed by atoms with E-state index in [1.807, 2.05) is 18.2 Å². The zero-order chi connectivity index (χ0) is 21.6. The van der Waals surface area contributed by atoms with Crippen LogP contribution in [0, 0.1) is 0 Å². The van der Waals surface area contributed by atoms with E-state index in [1.165, 1.54) is 0 Å². The lowest BCUT2D eigenvalue weighted by Gasteiger charge is -2.37. The van der Waals surface area contributed by atoms with Gasteiger partial charge in [0.15, 0.2) is 5.96 Å². The van der Waals surface area contributed by atoms with E-state index in [4.69, 9.17) is 16.3 Å². The summed E-state index contributed by atoms with van der Waals surface area (Å²) in [5.74, 6) is 1.64. The summed E-state index contributed by atoms with van der Waals surface area (Å²) in [6.45, 7) is 3.77. The first-order valence-electron chi connectivity index (χ1n) is 9.35. The largest absolute Gasteiger partial charge is 0.475 e. The van der Waals surface area contributed by atoms with Gasteiger partial charge in [0, 0.05) is 45.6 Å². The molecule has 162 valence electrons. The van der Waals surface area contributed by atoms with E-state index < -0.39 is 11.7 Å². The van der Waals surface area contributed by atoms with Gasteiger partial charge < -0.3 is 19.9 Å². The van der Waals surface area contributed by atoms with Crippen LogP contribution in [0.3, 0.4) is 0 Å². The van der Waals surface area contributed by atoms with E-state index in [9.17, 15) is 13.2 Å². The zero-order valence-corrected chi connectivity index (χ0v) is 17.1. The summed E-state index contributed by atoms with van der Waals surface area (Å²) >= 11 is 5.84. The first-order chi connectivity index (χ1) is 14.4. The Balaban J connectivity index is 1.44. The average Bonchev–Trinajstić information content (AvgIpc) is 2.75. The lowest BCUT2D eigenvalue weighted by Crippen LogP contribution is -2.53. The number of nitrogens with zero attached hydrogens (tertiary/aromatic N) is 5. The number of ether oxygens (including phenoxy) is 1. The fraction of sp³-hybridized carbons (Fsp3) is 0.421. The van der Waals surface area contributed by atoms with Crippen molar-refractivity contribution in [2.75, 3.05) is 51.3 Å². The molecule has 0 unspecified atom stereocenters. The van der Waals surface area contributed by atoms with Gasteiger partial charge in [0.2, 0.25) is 5.88 Å². The molecule has 3 heterocycles. The predicted molar refractivity (Wildman–Crippen MR) is 109 cm³/mol. The third-order valence-corrected chi connectivity index (χ3v) is 4.79. The second-order valence-corrected chi connectivity index (χ2v) is 6.90. The molecule has 0 saturated carbocycles. The van der Waals surface area contributed by atoms with Crippen molar-refractivity contribution in [2.45, 2.75) is 6.18 Å². The number of alkyl halides is 3. The zero-order valence-electron chi connectivity index (χ0n) is 16.4. The lowest BCUT2D eigenvalue weighted by molar-refractivity contribution is -0.137. The Kier molecular flexibility index (Phi) is 7.20. The molecular weight excluding hydrogens is 421 g/mol. The van der Waals surface area contributed by atoms with Crippen molar-refractivity contribution >= 4 is 23.4 Å². The van der Waals surface area contributed by atoms with Gasteiger partial charge >= 0.3 is 6.18 Å². The van der Waals surface area contributed by atoms with Crippen LogP contribution < -0.4 is 15.0 Å². The second-order valence-electron chi connectivity index (χ2n) is 6.49. The van der Waals surface area contributed by atoms with Gasteiger partial charge in [-0.1, -0.05) is 17.7 Å². The molecule has 1 fully saturated rings. The van der Waals surface area contributed by atoms with Crippen LogP contribution in [-0.2, 0) is 6.18 Å². The SMILES string of the molecule is CN=C(NCCOc1ncc(C(F)(F)F)cc1Cl)N1CCN(c2ccccn2)CC1. The van der Waals surface area contributed by atoms with Crippen LogP contribution in [0.15, 0.2) is 41.7 Å². The normalized spacial score (nSPS) is 15.3. The van der Waals surface area contributed by atoms with Crippen LogP contribution in [-0.4, -0.2) is 67.2 Å². The van der Waals surface area contributed by atoms with Gasteiger partial charge in [0.25, 0.3) is 0 Å². The standard InChI is InChI=1S/C19H22ClF3N6O/c1-24-18(29-9-7-28(8-10-29)16-4-2-3-5-25-16)26-6-11-30-17-15(20)12-14(13-27-17)19(21,22)23/h2-5,12-13H,6-11H2,1H3,(H,24,26). The van der Waals surface area contributed by atoms with Gasteiger partial charge in [0.05, 0.1) is 12.1 Å². The Morgan fingerprint density at radius 1 is 1.23 bits per heavy atom. The highest BCUT2D eigenvalue weighted by Gasteiger charge is 2.31. The summed E-state index contributed by atoms with van der Waals surface area (Å²) < 4.78 is 43.4. The van der Waals surface area contributed by atoms with Crippen LogP contribution >= 0.6 is 11.6 Å². The number of hydrogen-bond donors (Lipinski definition) is 1. The Bertz CT molecular complexity index is 857. The van der Waals surface area contributed by atoms with Crippen molar-refractivity contribution in [2.24, 2.45) is 4.99 Å². The lowest BCUT2D eigenvalue weighted by atomic mass is 10.3. The summed E-state index contributed by atoms with van der Waals surface area (Å²) in [6.07, 6.45) is -2.02. The molecule has 1 aliphatic heterocycles. The number of aromatic nitrogens is 2. The molecule has 0 amide bonds. The van der Waals surface area contributed by atoms with Gasteiger partial charge in [0.1, 0.15) is 17.4 Å². The summed E-state index contributed by atoms with van der Waals surface area (Å²) in [5, 5.41) is 3.00. The number of hydrogen-bond acceptors (Lipinski definition) is 5. The predicted octanol–water partition coefficient (Wildman–Crippen LogP) is 2.93. The van der Waals surface area contributed by atoms with Crippen molar-refractivity contribution in [1.29, 1.82) is 0 Å². The number of pyridine rings is 2. The number of piperazine rings is 1. The van der Waals surface area contributed by atoms with E-state index >= 15 is 0 Å².